The SMILES string of the molecule is COc1ccc(C)c(C(N)CCC(=O)O)c1Cl. The zero-order valence-corrected chi connectivity index (χ0v) is 10.6. The van der Waals surface area contributed by atoms with Gasteiger partial charge in [-0.2, -0.15) is 0 Å². The van der Waals surface area contributed by atoms with Crippen LogP contribution in [0.2, 0.25) is 5.02 Å². The van der Waals surface area contributed by atoms with Gasteiger partial charge in [0.2, 0.25) is 0 Å². The summed E-state index contributed by atoms with van der Waals surface area (Å²) in [5, 5.41) is 9.10. The summed E-state index contributed by atoms with van der Waals surface area (Å²) < 4.78 is 5.11. The lowest BCUT2D eigenvalue weighted by Gasteiger charge is -2.17. The molecule has 1 aromatic carbocycles. The Morgan fingerprint density at radius 2 is 2.24 bits per heavy atom. The number of aryl methyl sites for hydroxylation is 1. The van der Waals surface area contributed by atoms with Gasteiger partial charge < -0.3 is 15.6 Å². The second-order valence-corrected chi connectivity index (χ2v) is 4.23. The molecule has 1 rings (SSSR count). The van der Waals surface area contributed by atoms with E-state index in [2.05, 4.69) is 0 Å². The lowest BCUT2D eigenvalue weighted by atomic mass is 9.98. The Morgan fingerprint density at radius 1 is 1.59 bits per heavy atom. The van der Waals surface area contributed by atoms with Crippen LogP contribution in [0.4, 0.5) is 0 Å². The van der Waals surface area contributed by atoms with E-state index in [0.29, 0.717) is 17.2 Å². The molecule has 0 aliphatic rings. The molecule has 17 heavy (non-hydrogen) atoms. The molecule has 0 fully saturated rings. The minimum atomic E-state index is -0.864. The Bertz CT molecular complexity index is 420. The van der Waals surface area contributed by atoms with Crippen LogP contribution in [0.25, 0.3) is 0 Å². The second kappa shape index (κ2) is 5.89. The predicted octanol–water partition coefficient (Wildman–Crippen LogP) is 2.52. The Kier molecular flexibility index (Phi) is 4.78. The highest BCUT2D eigenvalue weighted by Gasteiger charge is 2.17. The molecular formula is C12H16ClNO3. The average molecular weight is 258 g/mol. The number of aliphatic carboxylic acids is 1. The van der Waals surface area contributed by atoms with Gasteiger partial charge in [-0.25, -0.2) is 0 Å². The van der Waals surface area contributed by atoms with Gasteiger partial charge in [-0.05, 0) is 30.5 Å². The van der Waals surface area contributed by atoms with E-state index in [1.807, 2.05) is 13.0 Å². The van der Waals surface area contributed by atoms with Crippen molar-refractivity contribution in [2.45, 2.75) is 25.8 Å². The van der Waals surface area contributed by atoms with Crippen LogP contribution >= 0.6 is 11.6 Å². The highest BCUT2D eigenvalue weighted by atomic mass is 35.5. The molecule has 0 aromatic heterocycles. The van der Waals surface area contributed by atoms with Crippen LogP contribution < -0.4 is 10.5 Å². The molecule has 0 saturated heterocycles. The lowest BCUT2D eigenvalue weighted by Crippen LogP contribution is -2.14. The van der Waals surface area contributed by atoms with E-state index in [9.17, 15) is 4.79 Å². The highest BCUT2D eigenvalue weighted by molar-refractivity contribution is 6.33. The molecule has 0 amide bonds. The minimum Gasteiger partial charge on any atom is -0.495 e. The van der Waals surface area contributed by atoms with Gasteiger partial charge in [-0.1, -0.05) is 17.7 Å². The molecule has 0 bridgehead atoms. The van der Waals surface area contributed by atoms with Gasteiger partial charge in [-0.15, -0.1) is 0 Å². The van der Waals surface area contributed by atoms with Crippen LogP contribution in [0.5, 0.6) is 5.75 Å². The van der Waals surface area contributed by atoms with Crippen LogP contribution in [0.3, 0.4) is 0 Å². The molecular weight excluding hydrogens is 242 g/mol. The maximum Gasteiger partial charge on any atom is 0.303 e. The summed E-state index contributed by atoms with van der Waals surface area (Å²) in [6.45, 7) is 1.89. The van der Waals surface area contributed by atoms with Gasteiger partial charge in [0.25, 0.3) is 0 Å². The predicted molar refractivity (Wildman–Crippen MR) is 66.5 cm³/mol. The fraction of sp³-hybridized carbons (Fsp3) is 0.417. The Hall–Kier alpha value is -1.26. The van der Waals surface area contributed by atoms with Crippen LogP contribution in [-0.4, -0.2) is 18.2 Å². The van der Waals surface area contributed by atoms with Crippen molar-refractivity contribution in [2.75, 3.05) is 7.11 Å². The van der Waals surface area contributed by atoms with Gasteiger partial charge in [-0.3, -0.25) is 4.79 Å². The summed E-state index contributed by atoms with van der Waals surface area (Å²) in [7, 11) is 1.53. The molecule has 1 unspecified atom stereocenters. The van der Waals surface area contributed by atoms with Crippen molar-refractivity contribution >= 4 is 17.6 Å². The Labute approximate surface area is 105 Å². The standard InChI is InChI=1S/C12H16ClNO3/c1-7-3-5-9(17-2)12(13)11(7)8(14)4-6-10(15)16/h3,5,8H,4,6,14H2,1-2H3,(H,15,16). The largest absolute Gasteiger partial charge is 0.495 e. The van der Waals surface area contributed by atoms with Gasteiger partial charge in [0.1, 0.15) is 5.75 Å². The molecule has 0 saturated carbocycles. The van der Waals surface area contributed by atoms with Crippen LogP contribution in [0, 0.1) is 6.92 Å². The van der Waals surface area contributed by atoms with E-state index in [4.69, 9.17) is 27.2 Å². The molecule has 94 valence electrons. The first kappa shape index (κ1) is 13.8. The van der Waals surface area contributed by atoms with Crippen molar-refractivity contribution in [3.05, 3.63) is 28.3 Å². The van der Waals surface area contributed by atoms with Crippen molar-refractivity contribution in [1.29, 1.82) is 0 Å². The normalized spacial score (nSPS) is 12.2. The molecule has 0 heterocycles. The van der Waals surface area contributed by atoms with E-state index in [1.54, 1.807) is 6.07 Å². The maximum atomic E-state index is 10.5. The van der Waals surface area contributed by atoms with Crippen molar-refractivity contribution in [3.63, 3.8) is 0 Å². The van der Waals surface area contributed by atoms with Crippen LogP contribution in [0.15, 0.2) is 12.1 Å². The molecule has 3 N–H and O–H groups in total. The number of carbonyl (C=O) groups is 1. The highest BCUT2D eigenvalue weighted by Crippen LogP contribution is 2.34. The van der Waals surface area contributed by atoms with Gasteiger partial charge in [0, 0.05) is 12.5 Å². The molecule has 0 aliphatic heterocycles. The van der Waals surface area contributed by atoms with E-state index >= 15 is 0 Å². The molecule has 0 radical (unpaired) electrons. The van der Waals surface area contributed by atoms with E-state index in [0.717, 1.165) is 11.1 Å². The number of benzene rings is 1. The number of nitrogens with two attached hydrogens (primary N) is 1. The number of carboxylic acids is 1. The lowest BCUT2D eigenvalue weighted by molar-refractivity contribution is -0.137. The van der Waals surface area contributed by atoms with Gasteiger partial charge in [0.05, 0.1) is 12.1 Å². The van der Waals surface area contributed by atoms with Crippen molar-refractivity contribution in [1.82, 2.24) is 0 Å². The number of carboxylic acid groups (broad SMARTS) is 1. The third-order valence-electron chi connectivity index (χ3n) is 2.62. The van der Waals surface area contributed by atoms with Crippen molar-refractivity contribution < 1.29 is 14.6 Å². The fourth-order valence-corrected chi connectivity index (χ4v) is 2.13. The first-order valence-corrected chi connectivity index (χ1v) is 5.65. The maximum absolute atomic E-state index is 10.5. The first-order chi connectivity index (χ1) is 7.97. The summed E-state index contributed by atoms with van der Waals surface area (Å²) in [5.41, 5.74) is 7.66. The van der Waals surface area contributed by atoms with Gasteiger partial charge in [0.15, 0.2) is 0 Å². The summed E-state index contributed by atoms with van der Waals surface area (Å²) in [4.78, 5) is 10.5. The summed E-state index contributed by atoms with van der Waals surface area (Å²) >= 11 is 6.17. The third-order valence-corrected chi connectivity index (χ3v) is 3.01. The Morgan fingerprint density at radius 3 is 2.76 bits per heavy atom. The molecule has 0 spiro atoms. The van der Waals surface area contributed by atoms with Crippen LogP contribution in [-0.2, 0) is 4.79 Å². The van der Waals surface area contributed by atoms with Crippen molar-refractivity contribution in [2.24, 2.45) is 5.73 Å². The monoisotopic (exact) mass is 257 g/mol. The molecule has 1 atom stereocenters. The average Bonchev–Trinajstić information content (AvgIpc) is 2.26. The van der Waals surface area contributed by atoms with Crippen molar-refractivity contribution in [3.8, 4) is 5.75 Å². The molecule has 5 heteroatoms. The number of halogens is 1. The topological polar surface area (TPSA) is 72.5 Å². The third kappa shape index (κ3) is 3.35. The fourth-order valence-electron chi connectivity index (χ4n) is 1.71. The second-order valence-electron chi connectivity index (χ2n) is 3.85. The van der Waals surface area contributed by atoms with Crippen LogP contribution in [0.1, 0.15) is 30.0 Å². The summed E-state index contributed by atoms with van der Waals surface area (Å²) in [5.74, 6) is -0.310. The van der Waals surface area contributed by atoms with E-state index in [-0.39, 0.29) is 6.42 Å². The Balaban J connectivity index is 2.99. The molecule has 0 aliphatic carbocycles. The number of ether oxygens (including phenoxy) is 1. The van der Waals surface area contributed by atoms with Gasteiger partial charge >= 0.3 is 5.97 Å². The number of hydrogen-bond donors (Lipinski definition) is 2. The number of hydrogen-bond acceptors (Lipinski definition) is 3. The first-order valence-electron chi connectivity index (χ1n) is 5.27. The molecule has 4 nitrogen and oxygen atoms in total. The quantitative estimate of drug-likeness (QED) is 0.850. The zero-order chi connectivity index (χ0) is 13.0. The smallest absolute Gasteiger partial charge is 0.303 e. The van der Waals surface area contributed by atoms with E-state index < -0.39 is 12.0 Å². The zero-order valence-electron chi connectivity index (χ0n) is 9.87. The summed E-state index contributed by atoms with van der Waals surface area (Å²) in [6, 6.07) is 3.24. The summed E-state index contributed by atoms with van der Waals surface area (Å²) in [6.07, 6.45) is 0.372. The number of methoxy groups -OCH3 is 1. The number of rotatable bonds is 5. The van der Waals surface area contributed by atoms with E-state index in [1.165, 1.54) is 7.11 Å². The molecule has 1 aromatic rings. The minimum absolute atomic E-state index is 0.0220.